The minimum absolute atomic E-state index is 0.884. The van der Waals surface area contributed by atoms with Gasteiger partial charge in [0.1, 0.15) is 11.2 Å². The lowest BCUT2D eigenvalue weighted by Crippen LogP contribution is -2.10. The molecular weight excluding hydrogens is 847 g/mol. The van der Waals surface area contributed by atoms with Crippen molar-refractivity contribution >= 4 is 92.9 Å². The predicted molar refractivity (Wildman–Crippen MR) is 298 cm³/mol. The highest BCUT2D eigenvalue weighted by Crippen LogP contribution is 2.48. The Kier molecular flexibility index (Phi) is 9.25. The highest BCUT2D eigenvalue weighted by Gasteiger charge is 2.22. The highest BCUT2D eigenvalue weighted by atomic mass is 16.3. The van der Waals surface area contributed by atoms with Gasteiger partial charge >= 0.3 is 0 Å². The Morgan fingerprint density at radius 1 is 0.271 bits per heavy atom. The molecule has 0 saturated heterocycles. The van der Waals surface area contributed by atoms with E-state index in [0.717, 1.165) is 66.6 Å². The van der Waals surface area contributed by atoms with Crippen molar-refractivity contribution in [1.82, 2.24) is 0 Å². The van der Waals surface area contributed by atoms with Crippen molar-refractivity contribution in [2.45, 2.75) is 0 Å². The predicted octanol–water partition coefficient (Wildman–Crippen LogP) is 19.5. The maximum Gasteiger partial charge on any atom is 0.143 e. The Balaban J connectivity index is 0.984. The molecule has 0 spiro atoms. The van der Waals surface area contributed by atoms with Gasteiger partial charge in [-0.15, -0.1) is 0 Å². The number of hydrogen-bond donors (Lipinski definition) is 0. The third-order valence-electron chi connectivity index (χ3n) is 14.4. The first-order valence-electron chi connectivity index (χ1n) is 24.1. The Labute approximate surface area is 405 Å². The van der Waals surface area contributed by atoms with Crippen LogP contribution >= 0.6 is 0 Å². The van der Waals surface area contributed by atoms with Crippen LogP contribution in [-0.2, 0) is 0 Å². The number of nitrogens with zero attached hydrogens (tertiary/aromatic N) is 1. The number of furan rings is 1. The molecule has 0 atom stereocenters. The van der Waals surface area contributed by atoms with Crippen molar-refractivity contribution < 1.29 is 4.42 Å². The van der Waals surface area contributed by atoms with Crippen molar-refractivity contribution in [1.29, 1.82) is 0 Å². The summed E-state index contributed by atoms with van der Waals surface area (Å²) in [6.07, 6.45) is 0. The number of anilines is 3. The average Bonchev–Trinajstić information content (AvgIpc) is 3.83. The van der Waals surface area contributed by atoms with Gasteiger partial charge in [-0.05, 0) is 136 Å². The Hall–Kier alpha value is -9.24. The van der Waals surface area contributed by atoms with Gasteiger partial charge in [0.2, 0.25) is 0 Å². The molecule has 326 valence electrons. The van der Waals surface area contributed by atoms with Crippen LogP contribution < -0.4 is 4.90 Å². The fraction of sp³-hybridized carbons (Fsp3) is 0. The van der Waals surface area contributed by atoms with Crippen molar-refractivity contribution in [3.05, 3.63) is 261 Å². The van der Waals surface area contributed by atoms with E-state index in [-0.39, 0.29) is 0 Å². The van der Waals surface area contributed by atoms with Crippen LogP contribution in [0, 0.1) is 0 Å². The van der Waals surface area contributed by atoms with Gasteiger partial charge in [0.25, 0.3) is 0 Å². The molecule has 70 heavy (non-hydrogen) atoms. The van der Waals surface area contributed by atoms with Crippen LogP contribution in [0.2, 0.25) is 0 Å². The molecule has 0 unspecified atom stereocenters. The zero-order valence-corrected chi connectivity index (χ0v) is 38.2. The number of benzene rings is 13. The molecule has 1 heterocycles. The second-order valence-electron chi connectivity index (χ2n) is 18.3. The molecule has 0 radical (unpaired) electrons. The van der Waals surface area contributed by atoms with Crippen LogP contribution in [0.5, 0.6) is 0 Å². The minimum Gasteiger partial charge on any atom is -0.455 e. The molecule has 2 nitrogen and oxygen atoms in total. The topological polar surface area (TPSA) is 16.4 Å². The van der Waals surface area contributed by atoms with E-state index in [1.807, 2.05) is 0 Å². The second-order valence-corrected chi connectivity index (χ2v) is 18.3. The van der Waals surface area contributed by atoms with Gasteiger partial charge in [-0.3, -0.25) is 0 Å². The number of fused-ring (bicyclic) bond motifs is 11. The molecule has 13 aromatic carbocycles. The summed E-state index contributed by atoms with van der Waals surface area (Å²) >= 11 is 0. The van der Waals surface area contributed by atoms with E-state index in [2.05, 4.69) is 266 Å². The molecule has 0 amide bonds. The highest BCUT2D eigenvalue weighted by molar-refractivity contribution is 6.23. The van der Waals surface area contributed by atoms with E-state index in [9.17, 15) is 0 Å². The summed E-state index contributed by atoms with van der Waals surface area (Å²) in [4.78, 5) is 2.45. The summed E-state index contributed by atoms with van der Waals surface area (Å²) in [5.41, 5.74) is 14.5. The molecule has 1 aromatic heterocycles. The molecule has 0 bridgehead atoms. The van der Waals surface area contributed by atoms with Crippen LogP contribution in [0.1, 0.15) is 0 Å². The smallest absolute Gasteiger partial charge is 0.143 e. The summed E-state index contributed by atoms with van der Waals surface area (Å²) in [6.45, 7) is 0. The van der Waals surface area contributed by atoms with E-state index < -0.39 is 0 Å². The third kappa shape index (κ3) is 6.42. The van der Waals surface area contributed by atoms with E-state index in [0.29, 0.717) is 0 Å². The molecule has 0 aliphatic rings. The van der Waals surface area contributed by atoms with Gasteiger partial charge in [-0.25, -0.2) is 0 Å². The third-order valence-corrected chi connectivity index (χ3v) is 14.4. The van der Waals surface area contributed by atoms with Gasteiger partial charge in [-0.2, -0.15) is 0 Å². The molecule has 0 aliphatic carbocycles. The van der Waals surface area contributed by atoms with E-state index in [1.165, 1.54) is 70.7 Å². The van der Waals surface area contributed by atoms with Crippen molar-refractivity contribution in [2.24, 2.45) is 0 Å². The molecule has 0 saturated carbocycles. The lowest BCUT2D eigenvalue weighted by atomic mass is 9.84. The summed E-state index contributed by atoms with van der Waals surface area (Å²) in [6, 6.07) is 95.1. The Morgan fingerprint density at radius 3 is 1.53 bits per heavy atom. The Bertz CT molecular complexity index is 4360. The van der Waals surface area contributed by atoms with Crippen LogP contribution in [0.3, 0.4) is 0 Å². The maximum atomic E-state index is 6.68. The van der Waals surface area contributed by atoms with Crippen molar-refractivity contribution in [2.75, 3.05) is 4.90 Å². The molecule has 2 heteroatoms. The summed E-state index contributed by atoms with van der Waals surface area (Å²) in [5.74, 6) is 0. The van der Waals surface area contributed by atoms with E-state index in [1.54, 1.807) is 0 Å². The Morgan fingerprint density at radius 2 is 0.771 bits per heavy atom. The molecule has 0 N–H and O–H groups in total. The minimum atomic E-state index is 0.884. The molecule has 0 aliphatic heterocycles. The van der Waals surface area contributed by atoms with Crippen LogP contribution in [0.25, 0.3) is 120 Å². The largest absolute Gasteiger partial charge is 0.455 e. The summed E-state index contributed by atoms with van der Waals surface area (Å²) < 4.78 is 6.68. The van der Waals surface area contributed by atoms with Crippen molar-refractivity contribution in [3.8, 4) is 44.5 Å². The first-order chi connectivity index (χ1) is 34.7. The fourth-order valence-corrected chi connectivity index (χ4v) is 11.3. The average molecular weight is 890 g/mol. The van der Waals surface area contributed by atoms with Gasteiger partial charge < -0.3 is 9.32 Å². The van der Waals surface area contributed by atoms with E-state index >= 15 is 0 Å². The summed E-state index contributed by atoms with van der Waals surface area (Å²) in [7, 11) is 0. The molecular formula is C68H43NO. The van der Waals surface area contributed by atoms with Crippen molar-refractivity contribution in [3.63, 3.8) is 0 Å². The monoisotopic (exact) mass is 889 g/mol. The zero-order valence-electron chi connectivity index (χ0n) is 38.2. The maximum absolute atomic E-state index is 6.68. The molecule has 14 rings (SSSR count). The van der Waals surface area contributed by atoms with Crippen LogP contribution in [-0.4, -0.2) is 0 Å². The second kappa shape index (κ2) is 16.2. The molecule has 0 fully saturated rings. The van der Waals surface area contributed by atoms with Gasteiger partial charge in [0, 0.05) is 32.9 Å². The summed E-state index contributed by atoms with van der Waals surface area (Å²) in [5, 5.41) is 14.4. The zero-order chi connectivity index (χ0) is 46.1. The lowest BCUT2D eigenvalue weighted by molar-refractivity contribution is 0.673. The SMILES string of the molecule is c1ccc(-c2c(-c3ccccc3)c3cc(-c4cccc(N(c5cccc(-c6cccc7oc8c9ccccc9ccc8c67)c5)c5cccc6c5ccc5ccccc56)c4)ccc3c3ccccc23)cc1. The standard InChI is InChI=1S/C68H43NO/c1-3-19-46(20-4-1)65-60-30-12-11-29-57(60)58-38-37-49(43-62(58)66(65)47-21-5-2-6-22-47)48-23-13-25-51(41-48)69(63-33-15-32-56-53-27-9-7-17-44(53)35-39-59(56)63)52-26-14-24-50(42-52)54-31-16-34-64-67(54)61-40-36-45-18-8-10-28-55(45)68(61)70-64/h1-43H. The lowest BCUT2D eigenvalue weighted by Gasteiger charge is -2.28. The van der Waals surface area contributed by atoms with Gasteiger partial charge in [0.15, 0.2) is 0 Å². The first kappa shape index (κ1) is 39.9. The normalized spacial score (nSPS) is 11.7. The number of hydrogen-bond acceptors (Lipinski definition) is 2. The molecule has 14 aromatic rings. The quantitative estimate of drug-likeness (QED) is 0.148. The van der Waals surface area contributed by atoms with Crippen LogP contribution in [0.15, 0.2) is 265 Å². The van der Waals surface area contributed by atoms with E-state index in [4.69, 9.17) is 4.42 Å². The first-order valence-corrected chi connectivity index (χ1v) is 24.1. The van der Waals surface area contributed by atoms with Crippen LogP contribution in [0.4, 0.5) is 17.1 Å². The van der Waals surface area contributed by atoms with Gasteiger partial charge in [-0.1, -0.05) is 212 Å². The van der Waals surface area contributed by atoms with Gasteiger partial charge in [0.05, 0.1) is 5.69 Å². The number of rotatable bonds is 7. The fourth-order valence-electron chi connectivity index (χ4n) is 11.3.